The number of carbonyl (C=O) groups is 1. The van der Waals surface area contributed by atoms with Crippen molar-refractivity contribution in [1.82, 2.24) is 15.6 Å². The maximum atomic E-state index is 16.1. The van der Waals surface area contributed by atoms with Crippen LogP contribution in [-0.4, -0.2) is 42.7 Å². The van der Waals surface area contributed by atoms with E-state index in [1.807, 2.05) is 0 Å². The molecule has 1 aromatic carbocycles. The number of hydrogen-bond acceptors (Lipinski definition) is 7. The van der Waals surface area contributed by atoms with Crippen LogP contribution in [0, 0.1) is 5.82 Å². The molecule has 0 spiro atoms. The van der Waals surface area contributed by atoms with E-state index in [1.165, 1.54) is 30.6 Å². The zero-order chi connectivity index (χ0) is 21.3. The van der Waals surface area contributed by atoms with Crippen LogP contribution in [0.1, 0.15) is 29.5 Å². The molecular formula is C20H19ClF2N4O2S. The number of benzene rings is 1. The van der Waals surface area contributed by atoms with E-state index in [2.05, 4.69) is 20.6 Å². The highest BCUT2D eigenvalue weighted by molar-refractivity contribution is 7.11. The van der Waals surface area contributed by atoms with Gasteiger partial charge in [-0.2, -0.15) is 0 Å². The van der Waals surface area contributed by atoms with Gasteiger partial charge in [0.15, 0.2) is 16.5 Å². The molecule has 1 atom stereocenters. The number of rotatable bonds is 4. The predicted octanol–water partition coefficient (Wildman–Crippen LogP) is 3.55. The minimum absolute atomic E-state index is 0.0188. The molecule has 30 heavy (non-hydrogen) atoms. The average molecular weight is 453 g/mol. The molecule has 2 aliphatic rings. The second-order valence-electron chi connectivity index (χ2n) is 6.98. The van der Waals surface area contributed by atoms with Gasteiger partial charge in [-0.05, 0) is 32.0 Å². The maximum absolute atomic E-state index is 16.1. The molecule has 1 aromatic heterocycles. The van der Waals surface area contributed by atoms with Crippen molar-refractivity contribution < 1.29 is 18.3 Å². The molecule has 2 aliphatic heterocycles. The monoisotopic (exact) mass is 452 g/mol. The molecule has 6 nitrogen and oxygen atoms in total. The lowest BCUT2D eigenvalue weighted by molar-refractivity contribution is -0.136. The van der Waals surface area contributed by atoms with Gasteiger partial charge in [-0.3, -0.25) is 4.99 Å². The fourth-order valence-electron chi connectivity index (χ4n) is 3.70. The lowest BCUT2D eigenvalue weighted by Gasteiger charge is -2.37. The van der Waals surface area contributed by atoms with E-state index in [4.69, 9.17) is 16.3 Å². The number of thiazole rings is 1. The number of carbonyl (C=O) groups excluding carboxylic acids is 1. The van der Waals surface area contributed by atoms with Crippen LogP contribution in [0.25, 0.3) is 0 Å². The molecule has 0 amide bonds. The summed E-state index contributed by atoms with van der Waals surface area (Å²) in [5, 5.41) is 8.23. The average Bonchev–Trinajstić information content (AvgIpc) is 3.30. The number of amidine groups is 1. The van der Waals surface area contributed by atoms with Crippen LogP contribution < -0.4 is 10.6 Å². The summed E-state index contributed by atoms with van der Waals surface area (Å²) in [5.74, 6) is -1.10. The van der Waals surface area contributed by atoms with Crippen LogP contribution in [-0.2, 0) is 9.53 Å². The van der Waals surface area contributed by atoms with E-state index in [0.717, 1.165) is 0 Å². The van der Waals surface area contributed by atoms with Crippen LogP contribution in [0.3, 0.4) is 0 Å². The minimum Gasteiger partial charge on any atom is -0.466 e. The first-order valence-corrected chi connectivity index (χ1v) is 10.6. The van der Waals surface area contributed by atoms with Gasteiger partial charge in [0, 0.05) is 17.1 Å². The fraction of sp³-hybridized carbons (Fsp3) is 0.350. The first-order valence-electron chi connectivity index (χ1n) is 9.36. The van der Waals surface area contributed by atoms with E-state index in [1.54, 1.807) is 17.6 Å². The lowest BCUT2D eigenvalue weighted by atomic mass is 9.84. The Morgan fingerprint density at radius 1 is 1.37 bits per heavy atom. The number of allylic oxidation sites excluding steroid dienone is 1. The SMILES string of the molecule is COC(=O)C1=C(C2(F)CCNCC2)NC(c2nccs2)=NC1c1cccc(F)c1Cl. The van der Waals surface area contributed by atoms with E-state index >= 15 is 4.39 Å². The van der Waals surface area contributed by atoms with Gasteiger partial charge in [-0.25, -0.2) is 18.6 Å². The number of alkyl halides is 1. The molecule has 4 rings (SSSR count). The molecule has 1 unspecified atom stereocenters. The van der Waals surface area contributed by atoms with Gasteiger partial charge < -0.3 is 15.4 Å². The van der Waals surface area contributed by atoms with Crippen LogP contribution in [0.5, 0.6) is 0 Å². The van der Waals surface area contributed by atoms with E-state index in [0.29, 0.717) is 23.9 Å². The van der Waals surface area contributed by atoms with Gasteiger partial charge in [0.1, 0.15) is 11.9 Å². The number of nitrogens with zero attached hydrogens (tertiary/aromatic N) is 2. The van der Waals surface area contributed by atoms with Crippen LogP contribution >= 0.6 is 22.9 Å². The Bertz CT molecular complexity index is 1020. The largest absolute Gasteiger partial charge is 0.466 e. The van der Waals surface area contributed by atoms with Crippen molar-refractivity contribution in [2.24, 2.45) is 4.99 Å². The summed E-state index contributed by atoms with van der Waals surface area (Å²) in [6, 6.07) is 3.21. The molecule has 1 saturated heterocycles. The summed E-state index contributed by atoms with van der Waals surface area (Å²) in [6.45, 7) is 0.899. The van der Waals surface area contributed by atoms with Crippen molar-refractivity contribution >= 4 is 34.7 Å². The Kier molecular flexibility index (Phi) is 5.86. The van der Waals surface area contributed by atoms with Gasteiger partial charge in [-0.15, -0.1) is 11.3 Å². The van der Waals surface area contributed by atoms with Crippen molar-refractivity contribution in [3.8, 4) is 0 Å². The summed E-state index contributed by atoms with van der Waals surface area (Å²) in [4.78, 5) is 21.6. The molecule has 0 saturated carbocycles. The Labute approximate surface area is 181 Å². The Morgan fingerprint density at radius 3 is 2.80 bits per heavy atom. The van der Waals surface area contributed by atoms with E-state index < -0.39 is 23.5 Å². The Balaban J connectivity index is 1.94. The molecule has 0 bridgehead atoms. The van der Waals surface area contributed by atoms with Crippen molar-refractivity contribution in [2.75, 3.05) is 20.2 Å². The van der Waals surface area contributed by atoms with E-state index in [-0.39, 0.29) is 34.7 Å². The molecule has 3 heterocycles. The zero-order valence-electron chi connectivity index (χ0n) is 16.0. The summed E-state index contributed by atoms with van der Waals surface area (Å²) >= 11 is 7.54. The van der Waals surface area contributed by atoms with Crippen LogP contribution in [0.15, 0.2) is 46.0 Å². The number of nitrogens with one attached hydrogen (secondary N) is 2. The number of piperidine rings is 1. The van der Waals surface area contributed by atoms with Gasteiger partial charge in [0.25, 0.3) is 0 Å². The molecule has 2 N–H and O–H groups in total. The van der Waals surface area contributed by atoms with Crippen molar-refractivity contribution in [2.45, 2.75) is 24.6 Å². The molecule has 10 heteroatoms. The number of ether oxygens (including phenoxy) is 1. The second kappa shape index (κ2) is 8.41. The van der Waals surface area contributed by atoms with Crippen molar-refractivity contribution in [3.63, 3.8) is 0 Å². The molecule has 158 valence electrons. The highest BCUT2D eigenvalue weighted by atomic mass is 35.5. The maximum Gasteiger partial charge on any atom is 0.338 e. The minimum atomic E-state index is -1.81. The highest BCUT2D eigenvalue weighted by Gasteiger charge is 2.45. The quantitative estimate of drug-likeness (QED) is 0.694. The van der Waals surface area contributed by atoms with Gasteiger partial charge in [-0.1, -0.05) is 23.7 Å². The third-order valence-corrected chi connectivity index (χ3v) is 6.38. The third kappa shape index (κ3) is 3.73. The predicted molar refractivity (Wildman–Crippen MR) is 111 cm³/mol. The number of hydrogen-bond donors (Lipinski definition) is 2. The molecule has 0 radical (unpaired) electrons. The first-order chi connectivity index (χ1) is 14.4. The zero-order valence-corrected chi connectivity index (χ0v) is 17.6. The normalized spacial score (nSPS) is 21.1. The number of halogens is 3. The lowest BCUT2D eigenvalue weighted by Crippen LogP contribution is -2.48. The number of esters is 1. The van der Waals surface area contributed by atoms with Crippen LogP contribution in [0.4, 0.5) is 8.78 Å². The van der Waals surface area contributed by atoms with Gasteiger partial charge >= 0.3 is 5.97 Å². The number of methoxy groups -OCH3 is 1. The summed E-state index contributed by atoms with van der Waals surface area (Å²) in [5.41, 5.74) is -1.51. The highest BCUT2D eigenvalue weighted by Crippen LogP contribution is 2.42. The molecule has 0 aliphatic carbocycles. The smallest absolute Gasteiger partial charge is 0.338 e. The van der Waals surface area contributed by atoms with Gasteiger partial charge in [0.05, 0.1) is 23.4 Å². The van der Waals surface area contributed by atoms with E-state index in [9.17, 15) is 9.18 Å². The van der Waals surface area contributed by atoms with Gasteiger partial charge in [0.2, 0.25) is 0 Å². The van der Waals surface area contributed by atoms with Crippen molar-refractivity contribution in [1.29, 1.82) is 0 Å². The molecule has 1 fully saturated rings. The van der Waals surface area contributed by atoms with Crippen molar-refractivity contribution in [3.05, 3.63) is 62.5 Å². The first kappa shape index (κ1) is 20.9. The summed E-state index contributed by atoms with van der Waals surface area (Å²) in [6.07, 6.45) is 1.92. The molecular weight excluding hydrogens is 434 g/mol. The topological polar surface area (TPSA) is 75.6 Å². The number of aromatic nitrogens is 1. The molecule has 2 aromatic rings. The Hall–Kier alpha value is -2.36. The summed E-state index contributed by atoms with van der Waals surface area (Å²) in [7, 11) is 1.21. The fourth-order valence-corrected chi connectivity index (χ4v) is 4.52. The second-order valence-corrected chi connectivity index (χ2v) is 8.25. The Morgan fingerprint density at radius 2 is 2.13 bits per heavy atom. The summed E-state index contributed by atoms with van der Waals surface area (Å²) < 4.78 is 35.3. The standard InChI is InChI=1S/C20H19ClF2N4O2S/c1-29-19(28)13-15(11-3-2-4-12(22)14(11)21)26-17(18-25-9-10-30-18)27-16(13)20(23)5-7-24-8-6-20/h2-4,9-10,15,24H,5-8H2,1H3,(H,26,27). The third-order valence-electron chi connectivity index (χ3n) is 5.20. The van der Waals surface area contributed by atoms with Crippen LogP contribution in [0.2, 0.25) is 5.02 Å². The number of aliphatic imine (C=N–C) groups is 1.